The smallest absolute Gasteiger partial charge is 0.311 e. The van der Waals surface area contributed by atoms with Gasteiger partial charge in [0.1, 0.15) is 6.10 Å². The van der Waals surface area contributed by atoms with Crippen LogP contribution in [0.15, 0.2) is 0 Å². The quantitative estimate of drug-likeness (QED) is 0.732. The standard InChI is InChI=1S/C13H24N2O2/c1-13(2,3)12(16)17-11-8-15(9-11)10-4-6-14-7-5-10/h10-11,14H,4-9H2,1-3H3. The van der Waals surface area contributed by atoms with Crippen LogP contribution in [0.25, 0.3) is 0 Å². The summed E-state index contributed by atoms with van der Waals surface area (Å²) >= 11 is 0. The monoisotopic (exact) mass is 240 g/mol. The first-order valence-electron chi connectivity index (χ1n) is 6.62. The zero-order chi connectivity index (χ0) is 12.5. The molecule has 0 bridgehead atoms. The second-order valence-electron chi connectivity index (χ2n) is 6.21. The fraction of sp³-hybridized carbons (Fsp3) is 0.923. The first-order chi connectivity index (χ1) is 7.97. The molecule has 17 heavy (non-hydrogen) atoms. The zero-order valence-corrected chi connectivity index (χ0v) is 11.2. The Labute approximate surface area is 104 Å². The molecule has 2 heterocycles. The molecule has 2 fully saturated rings. The third-order valence-corrected chi connectivity index (χ3v) is 3.59. The Bertz CT molecular complexity index is 274. The summed E-state index contributed by atoms with van der Waals surface area (Å²) in [6.07, 6.45) is 2.57. The molecular weight excluding hydrogens is 216 g/mol. The van der Waals surface area contributed by atoms with Crippen LogP contribution < -0.4 is 5.32 Å². The van der Waals surface area contributed by atoms with Gasteiger partial charge >= 0.3 is 5.97 Å². The van der Waals surface area contributed by atoms with E-state index in [0.29, 0.717) is 6.04 Å². The Kier molecular flexibility index (Phi) is 3.73. The molecule has 4 nitrogen and oxygen atoms in total. The van der Waals surface area contributed by atoms with Crippen LogP contribution in [0.1, 0.15) is 33.6 Å². The molecule has 0 aromatic rings. The van der Waals surface area contributed by atoms with E-state index in [1.54, 1.807) is 0 Å². The van der Waals surface area contributed by atoms with Gasteiger partial charge in [-0.15, -0.1) is 0 Å². The summed E-state index contributed by atoms with van der Waals surface area (Å²) in [5, 5.41) is 3.37. The Morgan fingerprint density at radius 2 is 1.82 bits per heavy atom. The van der Waals surface area contributed by atoms with Crippen molar-refractivity contribution in [2.24, 2.45) is 5.41 Å². The van der Waals surface area contributed by atoms with Gasteiger partial charge in [-0.1, -0.05) is 0 Å². The SMILES string of the molecule is CC(C)(C)C(=O)OC1CN(C2CCNCC2)C1. The molecule has 98 valence electrons. The Hall–Kier alpha value is -0.610. The van der Waals surface area contributed by atoms with E-state index in [4.69, 9.17) is 4.74 Å². The molecule has 0 atom stereocenters. The van der Waals surface area contributed by atoms with Crippen LogP contribution in [0, 0.1) is 5.41 Å². The predicted molar refractivity (Wildman–Crippen MR) is 66.8 cm³/mol. The molecule has 0 unspecified atom stereocenters. The van der Waals surface area contributed by atoms with Crippen LogP contribution in [0.2, 0.25) is 0 Å². The van der Waals surface area contributed by atoms with E-state index in [1.165, 1.54) is 12.8 Å². The number of likely N-dealkylation sites (tertiary alicyclic amines) is 1. The van der Waals surface area contributed by atoms with Gasteiger partial charge in [-0.2, -0.15) is 0 Å². The van der Waals surface area contributed by atoms with Crippen LogP contribution in [0.3, 0.4) is 0 Å². The maximum atomic E-state index is 11.7. The van der Waals surface area contributed by atoms with E-state index in [9.17, 15) is 4.79 Å². The van der Waals surface area contributed by atoms with Crippen molar-refractivity contribution in [3.63, 3.8) is 0 Å². The van der Waals surface area contributed by atoms with Crippen molar-refractivity contribution in [2.75, 3.05) is 26.2 Å². The van der Waals surface area contributed by atoms with Crippen molar-refractivity contribution in [3.8, 4) is 0 Å². The second kappa shape index (κ2) is 4.94. The van der Waals surface area contributed by atoms with Gasteiger partial charge in [0.15, 0.2) is 0 Å². The van der Waals surface area contributed by atoms with Crippen LogP contribution >= 0.6 is 0 Å². The molecule has 2 saturated heterocycles. The van der Waals surface area contributed by atoms with E-state index in [1.807, 2.05) is 20.8 Å². The van der Waals surface area contributed by atoms with Crippen LogP contribution in [-0.2, 0) is 9.53 Å². The second-order valence-corrected chi connectivity index (χ2v) is 6.21. The number of piperidine rings is 1. The number of rotatable bonds is 2. The van der Waals surface area contributed by atoms with E-state index >= 15 is 0 Å². The van der Waals surface area contributed by atoms with Gasteiger partial charge in [0.25, 0.3) is 0 Å². The lowest BCUT2D eigenvalue weighted by Gasteiger charge is -2.45. The molecule has 2 aliphatic heterocycles. The number of ether oxygens (including phenoxy) is 1. The van der Waals surface area contributed by atoms with Gasteiger partial charge in [-0.25, -0.2) is 0 Å². The van der Waals surface area contributed by atoms with Gasteiger partial charge in [-0.05, 0) is 46.7 Å². The number of esters is 1. The molecule has 4 heteroatoms. The first kappa shape index (κ1) is 12.8. The number of hydrogen-bond acceptors (Lipinski definition) is 4. The van der Waals surface area contributed by atoms with Gasteiger partial charge in [-0.3, -0.25) is 9.69 Å². The molecule has 0 aromatic carbocycles. The van der Waals surface area contributed by atoms with Crippen molar-refractivity contribution in [1.82, 2.24) is 10.2 Å². The highest BCUT2D eigenvalue weighted by molar-refractivity contribution is 5.75. The topological polar surface area (TPSA) is 41.6 Å². The van der Waals surface area contributed by atoms with Gasteiger partial charge < -0.3 is 10.1 Å². The predicted octanol–water partition coefficient (Wildman–Crippen LogP) is 1.01. The summed E-state index contributed by atoms with van der Waals surface area (Å²) in [6.45, 7) is 9.79. The molecule has 0 amide bonds. The summed E-state index contributed by atoms with van der Waals surface area (Å²) in [6, 6.07) is 0.695. The minimum atomic E-state index is -0.380. The molecule has 0 radical (unpaired) electrons. The minimum absolute atomic E-state index is 0.0764. The molecule has 0 aliphatic carbocycles. The van der Waals surface area contributed by atoms with E-state index in [0.717, 1.165) is 26.2 Å². The number of nitrogens with one attached hydrogen (secondary N) is 1. The van der Waals surface area contributed by atoms with Crippen molar-refractivity contribution in [2.45, 2.75) is 45.8 Å². The lowest BCUT2D eigenvalue weighted by Crippen LogP contribution is -2.59. The normalized spacial score (nSPS) is 24.4. The van der Waals surface area contributed by atoms with Gasteiger partial charge in [0.2, 0.25) is 0 Å². The lowest BCUT2D eigenvalue weighted by atomic mass is 9.96. The molecule has 0 spiro atoms. The third-order valence-electron chi connectivity index (χ3n) is 3.59. The Morgan fingerprint density at radius 3 is 2.35 bits per heavy atom. The molecule has 1 N–H and O–H groups in total. The summed E-state index contributed by atoms with van der Waals surface area (Å²) in [5.41, 5.74) is -0.380. The van der Waals surface area contributed by atoms with Gasteiger partial charge in [0.05, 0.1) is 5.41 Å². The van der Waals surface area contributed by atoms with Crippen molar-refractivity contribution < 1.29 is 9.53 Å². The Morgan fingerprint density at radius 1 is 1.24 bits per heavy atom. The zero-order valence-electron chi connectivity index (χ0n) is 11.2. The Balaban J connectivity index is 1.70. The minimum Gasteiger partial charge on any atom is -0.459 e. The molecular formula is C13H24N2O2. The number of carbonyl (C=O) groups excluding carboxylic acids is 1. The number of nitrogens with zero attached hydrogens (tertiary/aromatic N) is 1. The highest BCUT2D eigenvalue weighted by Crippen LogP contribution is 2.23. The van der Waals surface area contributed by atoms with Crippen LogP contribution in [0.5, 0.6) is 0 Å². The van der Waals surface area contributed by atoms with E-state index in [2.05, 4.69) is 10.2 Å². The molecule has 2 rings (SSSR count). The highest BCUT2D eigenvalue weighted by atomic mass is 16.5. The molecule has 0 saturated carbocycles. The maximum Gasteiger partial charge on any atom is 0.311 e. The average Bonchev–Trinajstić information content (AvgIpc) is 2.22. The largest absolute Gasteiger partial charge is 0.459 e. The van der Waals surface area contributed by atoms with E-state index < -0.39 is 0 Å². The fourth-order valence-electron chi connectivity index (χ4n) is 2.34. The van der Waals surface area contributed by atoms with E-state index in [-0.39, 0.29) is 17.5 Å². The summed E-state index contributed by atoms with van der Waals surface area (Å²) in [7, 11) is 0. The lowest BCUT2D eigenvalue weighted by molar-refractivity contribution is -0.169. The fourth-order valence-corrected chi connectivity index (χ4v) is 2.34. The van der Waals surface area contributed by atoms with Gasteiger partial charge in [0, 0.05) is 19.1 Å². The van der Waals surface area contributed by atoms with Crippen molar-refractivity contribution in [3.05, 3.63) is 0 Å². The summed E-state index contributed by atoms with van der Waals surface area (Å²) < 4.78 is 5.48. The summed E-state index contributed by atoms with van der Waals surface area (Å²) in [4.78, 5) is 14.1. The van der Waals surface area contributed by atoms with Crippen molar-refractivity contribution in [1.29, 1.82) is 0 Å². The number of hydrogen-bond donors (Lipinski definition) is 1. The molecule has 0 aromatic heterocycles. The first-order valence-corrected chi connectivity index (χ1v) is 6.62. The maximum absolute atomic E-state index is 11.7. The molecule has 2 aliphatic rings. The number of carbonyl (C=O) groups is 1. The third kappa shape index (κ3) is 3.19. The average molecular weight is 240 g/mol. The van der Waals surface area contributed by atoms with Crippen LogP contribution in [-0.4, -0.2) is 49.2 Å². The summed E-state index contributed by atoms with van der Waals surface area (Å²) in [5.74, 6) is -0.0764. The van der Waals surface area contributed by atoms with Crippen LogP contribution in [0.4, 0.5) is 0 Å². The highest BCUT2D eigenvalue weighted by Gasteiger charge is 2.37. The van der Waals surface area contributed by atoms with Crippen molar-refractivity contribution >= 4 is 5.97 Å².